The molecule has 0 spiro atoms. The molecule has 140 valence electrons. The molecule has 4 aromatic rings. The van der Waals surface area contributed by atoms with Gasteiger partial charge in [0.1, 0.15) is 5.75 Å². The molecule has 6 heteroatoms. The highest BCUT2D eigenvalue weighted by atomic mass is 16.5. The number of nitrogen functional groups attached to an aromatic ring is 1. The number of anilines is 1. The minimum absolute atomic E-state index is 0.203. The van der Waals surface area contributed by atoms with Crippen molar-refractivity contribution >= 4 is 16.9 Å². The zero-order chi connectivity index (χ0) is 19.7. The van der Waals surface area contributed by atoms with Crippen LogP contribution in [0.3, 0.4) is 0 Å². The lowest BCUT2D eigenvalue weighted by Gasteiger charge is -2.12. The molecule has 0 aliphatic rings. The first kappa shape index (κ1) is 17.6. The fraction of sp³-hybridized carbons (Fsp3) is 0.0909. The molecule has 1 heterocycles. The molecule has 0 radical (unpaired) electrons. The summed E-state index contributed by atoms with van der Waals surface area (Å²) in [6.07, 6.45) is 0. The Morgan fingerprint density at radius 3 is 2.14 bits per heavy atom. The maximum absolute atomic E-state index is 9.53. The average molecular weight is 373 g/mol. The van der Waals surface area contributed by atoms with Crippen molar-refractivity contribution in [3.8, 4) is 39.6 Å². The van der Waals surface area contributed by atoms with Gasteiger partial charge in [0, 0.05) is 10.9 Å². The lowest BCUT2D eigenvalue weighted by molar-refractivity contribution is 0.355. The fourth-order valence-corrected chi connectivity index (χ4v) is 3.18. The summed E-state index contributed by atoms with van der Waals surface area (Å²) in [5.74, 6) is 1.68. The first-order valence-corrected chi connectivity index (χ1v) is 8.68. The van der Waals surface area contributed by atoms with Gasteiger partial charge in [-0.3, -0.25) is 0 Å². The first-order chi connectivity index (χ1) is 13.6. The van der Waals surface area contributed by atoms with Crippen molar-refractivity contribution in [3.63, 3.8) is 0 Å². The number of fused-ring (bicyclic) bond motifs is 1. The van der Waals surface area contributed by atoms with E-state index in [-0.39, 0.29) is 11.7 Å². The summed E-state index contributed by atoms with van der Waals surface area (Å²) < 4.78 is 10.7. The van der Waals surface area contributed by atoms with Crippen LogP contribution in [0.25, 0.3) is 33.3 Å². The van der Waals surface area contributed by atoms with Gasteiger partial charge in [-0.25, -0.2) is 9.97 Å². The summed E-state index contributed by atoms with van der Waals surface area (Å²) in [6.45, 7) is 0. The van der Waals surface area contributed by atoms with Gasteiger partial charge in [-0.1, -0.05) is 18.2 Å². The molecule has 0 saturated heterocycles. The van der Waals surface area contributed by atoms with Gasteiger partial charge in [0.15, 0.2) is 11.5 Å². The highest BCUT2D eigenvalue weighted by molar-refractivity contribution is 5.96. The van der Waals surface area contributed by atoms with Crippen molar-refractivity contribution in [1.29, 1.82) is 0 Å². The monoisotopic (exact) mass is 373 g/mol. The molecule has 0 fully saturated rings. The van der Waals surface area contributed by atoms with Crippen LogP contribution in [-0.2, 0) is 0 Å². The Bertz CT molecular complexity index is 1160. The van der Waals surface area contributed by atoms with Gasteiger partial charge in [-0.2, -0.15) is 0 Å². The van der Waals surface area contributed by atoms with Gasteiger partial charge in [0.25, 0.3) is 0 Å². The maximum Gasteiger partial charge on any atom is 0.221 e. The largest absolute Gasteiger partial charge is 0.508 e. The second-order valence-corrected chi connectivity index (χ2v) is 6.28. The van der Waals surface area contributed by atoms with Gasteiger partial charge in [-0.15, -0.1) is 0 Å². The molecule has 0 aliphatic carbocycles. The number of ether oxygens (including phenoxy) is 2. The van der Waals surface area contributed by atoms with E-state index >= 15 is 0 Å². The summed E-state index contributed by atoms with van der Waals surface area (Å²) in [4.78, 5) is 8.84. The smallest absolute Gasteiger partial charge is 0.221 e. The Hall–Kier alpha value is -3.80. The predicted octanol–water partition coefficient (Wildman–Crippen LogP) is 4.27. The zero-order valence-corrected chi connectivity index (χ0v) is 15.5. The van der Waals surface area contributed by atoms with Crippen LogP contribution < -0.4 is 15.2 Å². The summed E-state index contributed by atoms with van der Waals surface area (Å²) >= 11 is 0. The van der Waals surface area contributed by atoms with E-state index in [0.29, 0.717) is 17.2 Å². The van der Waals surface area contributed by atoms with Gasteiger partial charge in [0.05, 0.1) is 25.4 Å². The summed E-state index contributed by atoms with van der Waals surface area (Å²) in [5, 5.41) is 10.4. The Labute approximate surface area is 162 Å². The summed E-state index contributed by atoms with van der Waals surface area (Å²) in [7, 11) is 3.19. The molecular formula is C22H19N3O3. The van der Waals surface area contributed by atoms with Gasteiger partial charge in [0.2, 0.25) is 5.95 Å². The number of nitrogens with two attached hydrogens (primary N) is 1. The van der Waals surface area contributed by atoms with E-state index in [2.05, 4.69) is 9.97 Å². The Balaban J connectivity index is 1.92. The molecule has 3 aromatic carbocycles. The Kier molecular flexibility index (Phi) is 4.45. The number of phenolic OH excluding ortho intramolecular Hbond substituents is 1. The highest BCUT2D eigenvalue weighted by Gasteiger charge is 2.13. The van der Waals surface area contributed by atoms with E-state index in [1.54, 1.807) is 26.4 Å². The molecule has 0 aliphatic heterocycles. The van der Waals surface area contributed by atoms with Crippen molar-refractivity contribution in [2.24, 2.45) is 0 Å². The lowest BCUT2D eigenvalue weighted by Crippen LogP contribution is -1.99. The molecule has 1 aromatic heterocycles. The van der Waals surface area contributed by atoms with E-state index in [0.717, 1.165) is 27.6 Å². The van der Waals surface area contributed by atoms with E-state index in [1.807, 2.05) is 48.5 Å². The van der Waals surface area contributed by atoms with Crippen molar-refractivity contribution in [3.05, 3.63) is 60.7 Å². The molecule has 0 amide bonds. The van der Waals surface area contributed by atoms with Crippen molar-refractivity contribution in [1.82, 2.24) is 9.97 Å². The third kappa shape index (κ3) is 3.16. The number of aromatic nitrogens is 2. The number of hydrogen-bond acceptors (Lipinski definition) is 6. The third-order valence-electron chi connectivity index (χ3n) is 4.57. The number of benzene rings is 3. The van der Waals surface area contributed by atoms with Crippen LogP contribution in [0, 0.1) is 0 Å². The van der Waals surface area contributed by atoms with E-state index in [9.17, 15) is 5.11 Å². The number of phenols is 1. The van der Waals surface area contributed by atoms with E-state index < -0.39 is 0 Å². The number of rotatable bonds is 4. The third-order valence-corrected chi connectivity index (χ3v) is 4.57. The maximum atomic E-state index is 9.53. The molecule has 0 unspecified atom stereocenters. The van der Waals surface area contributed by atoms with Crippen LogP contribution in [-0.4, -0.2) is 29.3 Å². The second-order valence-electron chi connectivity index (χ2n) is 6.28. The van der Waals surface area contributed by atoms with Crippen LogP contribution in [0.5, 0.6) is 17.2 Å². The van der Waals surface area contributed by atoms with Crippen molar-refractivity contribution in [2.45, 2.75) is 0 Å². The number of nitrogens with zero attached hydrogens (tertiary/aromatic N) is 2. The van der Waals surface area contributed by atoms with Gasteiger partial charge in [-0.05, 0) is 53.6 Å². The highest BCUT2D eigenvalue weighted by Crippen LogP contribution is 2.36. The topological polar surface area (TPSA) is 90.5 Å². The summed E-state index contributed by atoms with van der Waals surface area (Å²) in [6, 6.07) is 18.6. The number of methoxy groups -OCH3 is 2. The van der Waals surface area contributed by atoms with Crippen LogP contribution in [0.2, 0.25) is 0 Å². The van der Waals surface area contributed by atoms with Gasteiger partial charge >= 0.3 is 0 Å². The Morgan fingerprint density at radius 2 is 1.43 bits per heavy atom. The Morgan fingerprint density at radius 1 is 0.750 bits per heavy atom. The second kappa shape index (κ2) is 7.08. The van der Waals surface area contributed by atoms with Crippen molar-refractivity contribution in [2.75, 3.05) is 20.0 Å². The first-order valence-electron chi connectivity index (χ1n) is 8.68. The van der Waals surface area contributed by atoms with Gasteiger partial charge < -0.3 is 20.3 Å². The molecule has 6 nitrogen and oxygen atoms in total. The van der Waals surface area contributed by atoms with E-state index in [4.69, 9.17) is 15.2 Å². The molecule has 0 atom stereocenters. The molecule has 0 bridgehead atoms. The zero-order valence-electron chi connectivity index (χ0n) is 15.5. The predicted molar refractivity (Wildman–Crippen MR) is 110 cm³/mol. The summed E-state index contributed by atoms with van der Waals surface area (Å²) in [5.41, 5.74) is 10.2. The van der Waals surface area contributed by atoms with E-state index in [1.165, 1.54) is 0 Å². The number of aromatic hydroxyl groups is 1. The average Bonchev–Trinajstić information content (AvgIpc) is 2.73. The minimum Gasteiger partial charge on any atom is -0.508 e. The quantitative estimate of drug-likeness (QED) is 0.555. The van der Waals surface area contributed by atoms with Crippen LogP contribution in [0.4, 0.5) is 5.95 Å². The van der Waals surface area contributed by atoms with Crippen LogP contribution in [0.1, 0.15) is 0 Å². The lowest BCUT2D eigenvalue weighted by atomic mass is 10.00. The normalized spacial score (nSPS) is 10.8. The van der Waals surface area contributed by atoms with Crippen LogP contribution in [0.15, 0.2) is 60.7 Å². The SMILES string of the molecule is COc1ccc(-c2nc(N)nc3ccc(-c4ccc(O)cc4)cc23)cc1OC. The molecule has 0 saturated carbocycles. The molecule has 28 heavy (non-hydrogen) atoms. The number of hydrogen-bond donors (Lipinski definition) is 2. The molecule has 3 N–H and O–H groups in total. The minimum atomic E-state index is 0.203. The van der Waals surface area contributed by atoms with Crippen molar-refractivity contribution < 1.29 is 14.6 Å². The molecular weight excluding hydrogens is 354 g/mol. The molecule has 4 rings (SSSR count). The fourth-order valence-electron chi connectivity index (χ4n) is 3.18. The standard InChI is InChI=1S/C22H19N3O3/c1-27-19-10-6-15(12-20(19)28-2)21-17-11-14(13-3-7-16(26)8-4-13)5-9-18(17)24-22(23)25-21/h3-12,26H,1-2H3,(H2,23,24,25). The van der Waals surface area contributed by atoms with Crippen LogP contribution >= 0.6 is 0 Å².